The largest absolute Gasteiger partial charge is 1.00 e. The average molecular weight is 228 g/mol. The van der Waals surface area contributed by atoms with Gasteiger partial charge in [0, 0.05) is 0 Å². The molecule has 0 aromatic heterocycles. The normalized spacial score (nSPS) is 10.5. The van der Waals surface area contributed by atoms with Gasteiger partial charge in [-0.25, -0.2) is 0 Å². The molecule has 0 amide bonds. The first-order valence-electron chi connectivity index (χ1n) is 3.43. The Labute approximate surface area is 121 Å². The molecule has 70 valence electrons. The Hall–Kier alpha value is 0.181. The molecule has 1 N–H and O–H groups in total. The van der Waals surface area contributed by atoms with Gasteiger partial charge in [-0.05, 0) is 17.7 Å². The van der Waals surface area contributed by atoms with Crippen LogP contribution in [0.1, 0.15) is 10.4 Å². The summed E-state index contributed by atoms with van der Waals surface area (Å²) in [6, 6.07) is 2.52. The van der Waals surface area contributed by atoms with Gasteiger partial charge in [0.15, 0.2) is 0 Å². The van der Waals surface area contributed by atoms with E-state index in [0.29, 0.717) is 6.07 Å². The molecule has 0 aliphatic heterocycles. The Morgan fingerprint density at radius 3 is 2.29 bits per heavy atom. The second-order valence-corrected chi connectivity index (χ2v) is 2.51. The minimum absolute atomic E-state index is 0. The monoisotopic (exact) mass is 228 g/mol. The third-order valence-electron chi connectivity index (χ3n) is 1.55. The van der Waals surface area contributed by atoms with Gasteiger partial charge in [0.05, 0.1) is 0 Å². The fraction of sp³-hybridized carbons (Fsp3) is 0. The molecule has 0 fully saturated rings. The van der Waals surface area contributed by atoms with Crippen LogP contribution in [0.15, 0.2) is 18.2 Å². The predicted molar refractivity (Wildman–Crippen MR) is 42.2 cm³/mol. The van der Waals surface area contributed by atoms with Crippen molar-refractivity contribution in [3.63, 3.8) is 0 Å². The quantitative estimate of drug-likeness (QED) is 0.482. The maximum Gasteiger partial charge on any atom is 1.00 e. The third-order valence-corrected chi connectivity index (χ3v) is 1.55. The number of phenols is 1. The molecule has 14 heavy (non-hydrogen) atoms. The Morgan fingerprint density at radius 2 is 1.86 bits per heavy atom. The minimum Gasteiger partial charge on any atom is -0.508 e. The molecular weight excluding hydrogens is 223 g/mol. The number of hydrogen-bond donors (Lipinski definition) is 1. The standard InChI is InChI=1S/C7H5BF3O2.K/c9-8(10,11)7-3-6(13)2-1-5(7)4-12;/h1-4,13H;/q-1;+1. The number of rotatable bonds is 2. The molecule has 0 aliphatic rings. The van der Waals surface area contributed by atoms with Crippen molar-refractivity contribution in [1.29, 1.82) is 0 Å². The molecule has 0 spiro atoms. The van der Waals surface area contributed by atoms with Gasteiger partial charge in [0.25, 0.3) is 0 Å². The fourth-order valence-electron chi connectivity index (χ4n) is 0.953. The number of hydrogen-bond acceptors (Lipinski definition) is 2. The zero-order valence-corrected chi connectivity index (χ0v) is 10.5. The molecule has 2 nitrogen and oxygen atoms in total. The first kappa shape index (κ1) is 14.2. The summed E-state index contributed by atoms with van der Waals surface area (Å²) in [5.41, 5.74) is -1.51. The molecular formula is C7H5BF3KO2. The van der Waals surface area contributed by atoms with Crippen LogP contribution in [0, 0.1) is 0 Å². The van der Waals surface area contributed by atoms with E-state index >= 15 is 0 Å². The van der Waals surface area contributed by atoms with Crippen molar-refractivity contribution in [3.8, 4) is 5.75 Å². The Bertz CT molecular complexity index is 340. The molecule has 7 heteroatoms. The molecule has 0 saturated carbocycles. The van der Waals surface area contributed by atoms with Crippen LogP contribution in [0.4, 0.5) is 12.9 Å². The van der Waals surface area contributed by atoms with Gasteiger partial charge >= 0.3 is 58.4 Å². The molecule has 1 aromatic rings. The number of carbonyl (C=O) groups excluding carboxylic acids is 1. The Balaban J connectivity index is 0.00000169. The van der Waals surface area contributed by atoms with Crippen molar-refractivity contribution in [2.45, 2.75) is 0 Å². The van der Waals surface area contributed by atoms with E-state index in [9.17, 15) is 17.7 Å². The summed E-state index contributed by atoms with van der Waals surface area (Å²) < 4.78 is 36.6. The van der Waals surface area contributed by atoms with Crippen LogP contribution >= 0.6 is 0 Å². The van der Waals surface area contributed by atoms with Gasteiger partial charge in [-0.1, -0.05) is 11.5 Å². The van der Waals surface area contributed by atoms with E-state index in [4.69, 9.17) is 5.11 Å². The van der Waals surface area contributed by atoms with Crippen molar-refractivity contribution in [1.82, 2.24) is 0 Å². The van der Waals surface area contributed by atoms with Crippen LogP contribution in [0.2, 0.25) is 0 Å². The summed E-state index contributed by atoms with van der Waals surface area (Å²) in [6.07, 6.45) is 0.115. The number of aldehydes is 1. The van der Waals surface area contributed by atoms with E-state index in [-0.39, 0.29) is 57.7 Å². The van der Waals surface area contributed by atoms with E-state index in [2.05, 4.69) is 0 Å². The van der Waals surface area contributed by atoms with Crippen LogP contribution in [0.25, 0.3) is 0 Å². The Morgan fingerprint density at radius 1 is 1.29 bits per heavy atom. The number of aromatic hydroxyl groups is 1. The molecule has 0 bridgehead atoms. The minimum atomic E-state index is -5.25. The van der Waals surface area contributed by atoms with Crippen molar-refractivity contribution >= 4 is 18.7 Å². The van der Waals surface area contributed by atoms with E-state index in [1.165, 1.54) is 0 Å². The van der Waals surface area contributed by atoms with E-state index < -0.39 is 23.8 Å². The zero-order chi connectivity index (χ0) is 10.1. The summed E-state index contributed by atoms with van der Waals surface area (Å²) in [5, 5.41) is 8.79. The molecule has 0 saturated heterocycles. The summed E-state index contributed by atoms with van der Waals surface area (Å²) in [7, 11) is 0. The first-order chi connectivity index (χ1) is 5.95. The van der Waals surface area contributed by atoms with Gasteiger partial charge < -0.3 is 18.1 Å². The number of phenolic OH excluding ortho intramolecular Hbond substituents is 1. The van der Waals surface area contributed by atoms with Crippen molar-refractivity contribution in [2.75, 3.05) is 0 Å². The maximum atomic E-state index is 12.2. The van der Waals surface area contributed by atoms with Gasteiger partial charge in [-0.3, -0.25) is 4.79 Å². The summed E-state index contributed by atoms with van der Waals surface area (Å²) in [4.78, 5) is 10.2. The van der Waals surface area contributed by atoms with Crippen LogP contribution in [-0.4, -0.2) is 18.4 Å². The molecule has 0 radical (unpaired) electrons. The maximum absolute atomic E-state index is 12.2. The Kier molecular flexibility index (Phi) is 5.38. The van der Waals surface area contributed by atoms with E-state index in [0.717, 1.165) is 12.1 Å². The number of carbonyl (C=O) groups is 1. The van der Waals surface area contributed by atoms with Crippen LogP contribution < -0.4 is 56.8 Å². The van der Waals surface area contributed by atoms with Gasteiger partial charge in [-0.15, -0.1) is 0 Å². The SMILES string of the molecule is O=Cc1ccc(O)cc1[B-](F)(F)F.[K+]. The van der Waals surface area contributed by atoms with Crippen LogP contribution in [0.5, 0.6) is 5.75 Å². The zero-order valence-electron chi connectivity index (χ0n) is 7.38. The average Bonchev–Trinajstić information content (AvgIpc) is 2.03. The first-order valence-corrected chi connectivity index (χ1v) is 3.43. The number of benzene rings is 1. The predicted octanol–water partition coefficient (Wildman–Crippen LogP) is -1.74. The molecule has 0 heterocycles. The second kappa shape index (κ2) is 5.32. The van der Waals surface area contributed by atoms with E-state index in [1.54, 1.807) is 0 Å². The van der Waals surface area contributed by atoms with Crippen LogP contribution in [0.3, 0.4) is 0 Å². The second-order valence-electron chi connectivity index (χ2n) is 2.51. The van der Waals surface area contributed by atoms with Gasteiger partial charge in [0.2, 0.25) is 0 Å². The number of halogens is 3. The van der Waals surface area contributed by atoms with Gasteiger partial charge in [-0.2, -0.15) is 0 Å². The van der Waals surface area contributed by atoms with E-state index in [1.807, 2.05) is 0 Å². The van der Waals surface area contributed by atoms with Crippen molar-refractivity contribution in [2.24, 2.45) is 0 Å². The fourth-order valence-corrected chi connectivity index (χ4v) is 0.953. The summed E-state index contributed by atoms with van der Waals surface area (Å²) in [5.74, 6) is -0.500. The molecule has 0 unspecified atom stereocenters. The van der Waals surface area contributed by atoms with Crippen LogP contribution in [-0.2, 0) is 0 Å². The molecule has 0 atom stereocenters. The van der Waals surface area contributed by atoms with Crippen molar-refractivity contribution in [3.05, 3.63) is 23.8 Å². The molecule has 1 rings (SSSR count). The topological polar surface area (TPSA) is 37.3 Å². The smallest absolute Gasteiger partial charge is 0.508 e. The van der Waals surface area contributed by atoms with Crippen molar-refractivity contribution < 1.29 is 74.2 Å². The molecule has 0 aliphatic carbocycles. The van der Waals surface area contributed by atoms with Gasteiger partial charge in [0.1, 0.15) is 12.0 Å². The summed E-state index contributed by atoms with van der Waals surface area (Å²) in [6.45, 7) is -5.25. The third kappa shape index (κ3) is 3.39. The summed E-state index contributed by atoms with van der Waals surface area (Å²) >= 11 is 0. The molecule has 1 aromatic carbocycles.